The van der Waals surface area contributed by atoms with Gasteiger partial charge in [-0.05, 0) is 12.5 Å². The van der Waals surface area contributed by atoms with Gasteiger partial charge in [-0.3, -0.25) is 0 Å². The minimum Gasteiger partial charge on any atom is -0.445 e. The molecule has 0 spiro atoms. The summed E-state index contributed by atoms with van der Waals surface area (Å²) in [5, 5.41) is 11.8. The summed E-state index contributed by atoms with van der Waals surface area (Å²) < 4.78 is 4.96. The third-order valence-electron chi connectivity index (χ3n) is 2.28. The van der Waals surface area contributed by atoms with E-state index in [2.05, 4.69) is 5.32 Å². The number of rotatable bonds is 5. The predicted molar refractivity (Wildman–Crippen MR) is 64.3 cm³/mol. The number of carbonyl (C=O) groups is 1. The Kier molecular flexibility index (Phi) is 5.45. The van der Waals surface area contributed by atoms with Gasteiger partial charge >= 0.3 is 6.09 Å². The highest BCUT2D eigenvalue weighted by Crippen LogP contribution is 2.00. The van der Waals surface area contributed by atoms with Crippen molar-refractivity contribution in [2.75, 3.05) is 6.54 Å². The minimum absolute atomic E-state index is 0.0886. The van der Waals surface area contributed by atoms with Crippen molar-refractivity contribution in [1.29, 1.82) is 0 Å². The van der Waals surface area contributed by atoms with Gasteiger partial charge in [0.25, 0.3) is 0 Å². The molecule has 1 aromatic carbocycles. The lowest BCUT2D eigenvalue weighted by atomic mass is 10.2. The largest absolute Gasteiger partial charge is 0.445 e. The van der Waals surface area contributed by atoms with Gasteiger partial charge < -0.3 is 20.9 Å². The molecule has 0 aliphatic heterocycles. The molecular formula is C12H18N2O3. The van der Waals surface area contributed by atoms with Crippen molar-refractivity contribution in [3.8, 4) is 0 Å². The highest BCUT2D eigenvalue weighted by Gasteiger charge is 2.11. The maximum Gasteiger partial charge on any atom is 0.407 e. The van der Waals surface area contributed by atoms with Crippen LogP contribution < -0.4 is 11.1 Å². The Balaban J connectivity index is 2.22. The fourth-order valence-electron chi connectivity index (χ4n) is 1.15. The first-order valence-corrected chi connectivity index (χ1v) is 5.48. The van der Waals surface area contributed by atoms with E-state index in [0.29, 0.717) is 0 Å². The first-order valence-electron chi connectivity index (χ1n) is 5.48. The smallest absolute Gasteiger partial charge is 0.407 e. The summed E-state index contributed by atoms with van der Waals surface area (Å²) in [5.41, 5.74) is 6.36. The van der Waals surface area contributed by atoms with Crippen molar-refractivity contribution in [2.45, 2.75) is 25.7 Å². The number of benzene rings is 1. The fraction of sp³-hybridized carbons (Fsp3) is 0.417. The highest BCUT2D eigenvalue weighted by atomic mass is 16.5. The highest BCUT2D eigenvalue weighted by molar-refractivity contribution is 5.67. The fourth-order valence-corrected chi connectivity index (χ4v) is 1.15. The first-order chi connectivity index (χ1) is 8.09. The summed E-state index contributed by atoms with van der Waals surface area (Å²) >= 11 is 0. The number of nitrogens with two attached hydrogens (primary N) is 1. The van der Waals surface area contributed by atoms with E-state index >= 15 is 0 Å². The van der Waals surface area contributed by atoms with E-state index in [-0.39, 0.29) is 19.2 Å². The van der Waals surface area contributed by atoms with Crippen molar-refractivity contribution in [3.05, 3.63) is 35.9 Å². The molecule has 1 amide bonds. The zero-order chi connectivity index (χ0) is 12.7. The first kappa shape index (κ1) is 13.5. The average molecular weight is 238 g/mol. The standard InChI is InChI=1S/C12H18N2O3/c1-9(13)11(15)7-14-12(16)17-8-10-5-3-2-4-6-10/h2-6,9,11,15H,7-8,13H2,1H3,(H,14,16)/t9?,11-/m0/s1. The van der Waals surface area contributed by atoms with E-state index in [1.54, 1.807) is 6.92 Å². The van der Waals surface area contributed by atoms with Crippen LogP contribution >= 0.6 is 0 Å². The lowest BCUT2D eigenvalue weighted by Crippen LogP contribution is -2.41. The molecule has 0 bridgehead atoms. The van der Waals surface area contributed by atoms with Crippen LogP contribution in [0.5, 0.6) is 0 Å². The Hall–Kier alpha value is -1.59. The van der Waals surface area contributed by atoms with E-state index in [1.165, 1.54) is 0 Å². The van der Waals surface area contributed by atoms with Crippen molar-refractivity contribution in [1.82, 2.24) is 5.32 Å². The lowest BCUT2D eigenvalue weighted by Gasteiger charge is -2.14. The van der Waals surface area contributed by atoms with Crippen molar-refractivity contribution >= 4 is 6.09 Å². The third kappa shape index (κ3) is 5.33. The topological polar surface area (TPSA) is 84.6 Å². The van der Waals surface area contributed by atoms with E-state index < -0.39 is 12.2 Å². The van der Waals surface area contributed by atoms with Crippen LogP contribution in [0.1, 0.15) is 12.5 Å². The molecule has 2 atom stereocenters. The number of aliphatic hydroxyl groups is 1. The van der Waals surface area contributed by atoms with Gasteiger partial charge in [-0.25, -0.2) is 4.79 Å². The summed E-state index contributed by atoms with van der Waals surface area (Å²) in [7, 11) is 0. The van der Waals surface area contributed by atoms with Gasteiger partial charge in [-0.2, -0.15) is 0 Å². The van der Waals surface area contributed by atoms with Crippen LogP contribution in [-0.2, 0) is 11.3 Å². The molecule has 4 N–H and O–H groups in total. The van der Waals surface area contributed by atoms with E-state index in [0.717, 1.165) is 5.56 Å². The van der Waals surface area contributed by atoms with Gasteiger partial charge in [0.05, 0.1) is 6.10 Å². The van der Waals surface area contributed by atoms with Gasteiger partial charge in [0.1, 0.15) is 6.61 Å². The second kappa shape index (κ2) is 6.88. The maximum atomic E-state index is 11.3. The Bertz CT molecular complexity index is 341. The third-order valence-corrected chi connectivity index (χ3v) is 2.28. The molecule has 0 radical (unpaired) electrons. The average Bonchev–Trinajstić information content (AvgIpc) is 2.34. The number of hydrogen-bond acceptors (Lipinski definition) is 4. The molecule has 0 aromatic heterocycles. The van der Waals surface area contributed by atoms with Crippen LogP contribution in [0.25, 0.3) is 0 Å². The summed E-state index contributed by atoms with van der Waals surface area (Å²) in [5.74, 6) is 0. The molecule has 1 aromatic rings. The van der Waals surface area contributed by atoms with E-state index in [1.807, 2.05) is 30.3 Å². The van der Waals surface area contributed by atoms with Crippen LogP contribution in [0.15, 0.2) is 30.3 Å². The van der Waals surface area contributed by atoms with Crippen LogP contribution in [0.4, 0.5) is 4.79 Å². The molecule has 0 saturated heterocycles. The van der Waals surface area contributed by atoms with Gasteiger partial charge in [-0.1, -0.05) is 30.3 Å². The van der Waals surface area contributed by atoms with E-state index in [4.69, 9.17) is 10.5 Å². The number of amides is 1. The van der Waals surface area contributed by atoms with Crippen molar-refractivity contribution in [2.24, 2.45) is 5.73 Å². The summed E-state index contributed by atoms with van der Waals surface area (Å²) in [6, 6.07) is 8.98. The van der Waals surface area contributed by atoms with Crippen LogP contribution in [0, 0.1) is 0 Å². The van der Waals surface area contributed by atoms with Crippen molar-refractivity contribution in [3.63, 3.8) is 0 Å². The number of hydrogen-bond donors (Lipinski definition) is 3. The van der Waals surface area contributed by atoms with E-state index in [9.17, 15) is 9.90 Å². The molecule has 17 heavy (non-hydrogen) atoms. The van der Waals surface area contributed by atoms with Crippen LogP contribution in [0.3, 0.4) is 0 Å². The Morgan fingerprint density at radius 2 is 2.12 bits per heavy atom. The normalized spacial score (nSPS) is 13.8. The lowest BCUT2D eigenvalue weighted by molar-refractivity contribution is 0.119. The molecule has 0 fully saturated rings. The molecule has 0 saturated carbocycles. The molecule has 0 aliphatic carbocycles. The van der Waals surface area contributed by atoms with Crippen molar-refractivity contribution < 1.29 is 14.6 Å². The molecule has 94 valence electrons. The number of nitrogens with one attached hydrogen (secondary N) is 1. The zero-order valence-electron chi connectivity index (χ0n) is 9.80. The molecule has 5 heteroatoms. The Morgan fingerprint density at radius 3 is 2.71 bits per heavy atom. The molecule has 0 heterocycles. The number of aliphatic hydroxyl groups excluding tert-OH is 1. The van der Waals surface area contributed by atoms with Gasteiger partial charge in [0, 0.05) is 12.6 Å². The monoisotopic (exact) mass is 238 g/mol. The van der Waals surface area contributed by atoms with Crippen LogP contribution in [-0.4, -0.2) is 29.9 Å². The zero-order valence-corrected chi connectivity index (χ0v) is 9.80. The maximum absolute atomic E-state index is 11.3. The second-order valence-corrected chi connectivity index (χ2v) is 3.87. The second-order valence-electron chi connectivity index (χ2n) is 3.87. The van der Waals surface area contributed by atoms with Crippen LogP contribution in [0.2, 0.25) is 0 Å². The molecule has 5 nitrogen and oxygen atoms in total. The molecule has 1 unspecified atom stereocenters. The van der Waals surface area contributed by atoms with Gasteiger partial charge in [0.2, 0.25) is 0 Å². The summed E-state index contributed by atoms with van der Waals surface area (Å²) in [4.78, 5) is 11.3. The summed E-state index contributed by atoms with van der Waals surface area (Å²) in [6.07, 6.45) is -1.33. The molecular weight excluding hydrogens is 220 g/mol. The number of ether oxygens (including phenoxy) is 1. The Labute approximate surface area is 101 Å². The SMILES string of the molecule is CC(N)[C@@H](O)CNC(=O)OCc1ccccc1. The Morgan fingerprint density at radius 1 is 1.47 bits per heavy atom. The summed E-state index contributed by atoms with van der Waals surface area (Å²) in [6.45, 7) is 1.97. The molecule has 0 aliphatic rings. The van der Waals surface area contributed by atoms with Gasteiger partial charge in [0.15, 0.2) is 0 Å². The predicted octanol–water partition coefficient (Wildman–Crippen LogP) is 0.621. The number of alkyl carbamates (subject to hydrolysis) is 1. The minimum atomic E-state index is -0.765. The van der Waals surface area contributed by atoms with Gasteiger partial charge in [-0.15, -0.1) is 0 Å². The number of carbonyl (C=O) groups excluding carboxylic acids is 1. The quantitative estimate of drug-likeness (QED) is 0.702. The molecule has 1 rings (SSSR count).